The average molecular weight is 908 g/mol. The first-order valence-corrected chi connectivity index (χ1v) is 23.0. The van der Waals surface area contributed by atoms with E-state index in [9.17, 15) is 28.8 Å². The van der Waals surface area contributed by atoms with E-state index < -0.39 is 50.3 Å². The number of pyridine rings is 1. The molecule has 17 heteroatoms. The molecule has 6 amide bonds. The normalized spacial score (nSPS) is 20.5. The third kappa shape index (κ3) is 13.4. The smallest absolute Gasteiger partial charge is 0.245 e. The van der Waals surface area contributed by atoms with E-state index in [1.165, 1.54) is 23.5 Å². The van der Waals surface area contributed by atoms with Crippen molar-refractivity contribution in [1.82, 2.24) is 47.5 Å². The maximum absolute atomic E-state index is 13.7. The van der Waals surface area contributed by atoms with Crippen LogP contribution in [0.25, 0.3) is 0 Å². The Morgan fingerprint density at radius 2 is 0.953 bits per heavy atom. The second kappa shape index (κ2) is 22.2. The van der Waals surface area contributed by atoms with Crippen LogP contribution in [0.15, 0.2) is 115 Å². The molecule has 1 aromatic heterocycles. The van der Waals surface area contributed by atoms with Crippen molar-refractivity contribution < 1.29 is 28.8 Å². The standard InChI is InChI=1S/C47H57N9O6S2/c1-46(2)38(55-44(63-46)36(40(59)51-28-32-20-12-7-13-21-32)53-34(57)26-30-16-8-5-9-17-30)42(61)49-24-25-50-43(62)39-47(3,4)64-45(56-39)37(41(60)52-29-33-22-14-15-23-48-33)54-35(58)27-31-18-10-6-11-19-31/h5-23,36-39,44-45,55-56H,24-29H2,1-4H3,(H,49,61)(H,50,62)(H,51,59)(H,52,60)(H,53,57)(H,54,58)/t36?,37?,38-,39-,44+,45+/m0/s1. The van der Waals surface area contributed by atoms with E-state index in [0.29, 0.717) is 5.69 Å². The molecule has 2 aliphatic heterocycles. The Morgan fingerprint density at radius 3 is 1.38 bits per heavy atom. The Balaban J connectivity index is 1.04. The van der Waals surface area contributed by atoms with Crippen molar-refractivity contribution in [2.75, 3.05) is 13.1 Å². The molecular weight excluding hydrogens is 851 g/mol. The van der Waals surface area contributed by atoms with Crippen LogP contribution in [0.3, 0.4) is 0 Å². The third-order valence-electron chi connectivity index (χ3n) is 10.9. The summed E-state index contributed by atoms with van der Waals surface area (Å²) >= 11 is 2.78. The number of benzene rings is 3. The second-order valence-electron chi connectivity index (χ2n) is 16.7. The van der Waals surface area contributed by atoms with Crippen molar-refractivity contribution in [3.05, 3.63) is 138 Å². The van der Waals surface area contributed by atoms with Gasteiger partial charge in [0.15, 0.2) is 0 Å². The van der Waals surface area contributed by atoms with Crippen LogP contribution in [0, 0.1) is 0 Å². The summed E-state index contributed by atoms with van der Waals surface area (Å²) in [6.45, 7) is 8.24. The van der Waals surface area contributed by atoms with Crippen molar-refractivity contribution in [3.63, 3.8) is 0 Å². The van der Waals surface area contributed by atoms with E-state index in [1.54, 1.807) is 18.3 Å². The molecule has 0 aliphatic carbocycles. The molecule has 64 heavy (non-hydrogen) atoms. The number of carbonyl (C=O) groups excluding carboxylic acids is 6. The van der Waals surface area contributed by atoms with E-state index in [2.05, 4.69) is 47.5 Å². The number of aromatic nitrogens is 1. The molecule has 6 rings (SSSR count). The van der Waals surface area contributed by atoms with Gasteiger partial charge in [0, 0.05) is 35.3 Å². The minimum atomic E-state index is -1.02. The summed E-state index contributed by atoms with van der Waals surface area (Å²) < 4.78 is -1.37. The highest BCUT2D eigenvalue weighted by Crippen LogP contribution is 2.40. The number of hydrogen-bond donors (Lipinski definition) is 8. The highest BCUT2D eigenvalue weighted by atomic mass is 32.2. The van der Waals surface area contributed by atoms with Gasteiger partial charge in [0.05, 0.1) is 35.8 Å². The van der Waals surface area contributed by atoms with Crippen LogP contribution in [-0.2, 0) is 54.7 Å². The summed E-state index contributed by atoms with van der Waals surface area (Å²) in [7, 11) is 0. The fourth-order valence-corrected chi connectivity index (χ4v) is 10.5. The maximum atomic E-state index is 13.7. The van der Waals surface area contributed by atoms with Crippen molar-refractivity contribution in [3.8, 4) is 0 Å². The van der Waals surface area contributed by atoms with Gasteiger partial charge < -0.3 is 31.9 Å². The van der Waals surface area contributed by atoms with E-state index in [4.69, 9.17) is 0 Å². The highest BCUT2D eigenvalue weighted by molar-refractivity contribution is 8.01. The first kappa shape index (κ1) is 47.7. The summed E-state index contributed by atoms with van der Waals surface area (Å²) in [5.74, 6) is -2.13. The number of amides is 6. The zero-order valence-corrected chi connectivity index (χ0v) is 38.0. The van der Waals surface area contributed by atoms with Gasteiger partial charge in [-0.2, -0.15) is 0 Å². The molecule has 338 valence electrons. The first-order chi connectivity index (χ1) is 30.7. The lowest BCUT2D eigenvalue weighted by molar-refractivity contribution is -0.129. The summed E-state index contributed by atoms with van der Waals surface area (Å²) in [6, 6.07) is 29.8. The van der Waals surface area contributed by atoms with E-state index >= 15 is 0 Å². The van der Waals surface area contributed by atoms with E-state index in [-0.39, 0.29) is 68.6 Å². The summed E-state index contributed by atoms with van der Waals surface area (Å²) in [6.07, 6.45) is 1.79. The number of thioether (sulfide) groups is 2. The lowest BCUT2D eigenvalue weighted by Gasteiger charge is -2.25. The Bertz CT molecular complexity index is 2060. The van der Waals surface area contributed by atoms with Crippen LogP contribution in [0.2, 0.25) is 0 Å². The highest BCUT2D eigenvalue weighted by Gasteiger charge is 2.50. The van der Waals surface area contributed by atoms with Crippen LogP contribution in [-0.4, -0.2) is 97.9 Å². The summed E-state index contributed by atoms with van der Waals surface area (Å²) in [5, 5.41) is 22.8. The number of carbonyl (C=O) groups is 6. The monoisotopic (exact) mass is 907 g/mol. The molecule has 2 unspecified atom stereocenters. The van der Waals surface area contributed by atoms with Crippen molar-refractivity contribution in [1.29, 1.82) is 0 Å². The molecule has 3 heterocycles. The van der Waals surface area contributed by atoms with Gasteiger partial charge in [-0.1, -0.05) is 97.1 Å². The predicted octanol–water partition coefficient (Wildman–Crippen LogP) is 2.32. The van der Waals surface area contributed by atoms with Crippen molar-refractivity contribution >= 4 is 59.0 Å². The molecule has 3 aromatic carbocycles. The van der Waals surface area contributed by atoms with Crippen molar-refractivity contribution in [2.24, 2.45) is 0 Å². The maximum Gasteiger partial charge on any atom is 0.245 e. The average Bonchev–Trinajstić information content (AvgIpc) is 3.79. The van der Waals surface area contributed by atoms with Crippen LogP contribution < -0.4 is 42.5 Å². The van der Waals surface area contributed by atoms with Crippen LogP contribution >= 0.6 is 23.5 Å². The zero-order chi connectivity index (χ0) is 45.7. The Kier molecular flexibility index (Phi) is 16.6. The molecule has 4 aromatic rings. The number of rotatable bonds is 19. The third-order valence-corrected chi connectivity index (χ3v) is 13.9. The minimum absolute atomic E-state index is 0.0736. The van der Waals surface area contributed by atoms with Gasteiger partial charge in [-0.05, 0) is 56.5 Å². The molecule has 0 spiro atoms. The lowest BCUT2D eigenvalue weighted by Crippen LogP contribution is -2.59. The Hall–Kier alpha value is -5.75. The molecular formula is C47H57N9O6S2. The molecule has 2 saturated heterocycles. The SMILES string of the molecule is CC1(C)S[C@H](C(NC(=O)Cc2ccccc2)C(=O)NCc2ccccc2)N[C@H]1C(=O)NCCNC(=O)[C@@H]1N[C@@H](C(NC(=O)Cc2ccccc2)C(=O)NCc2ccccn2)SC1(C)C. The Labute approximate surface area is 382 Å². The molecule has 8 N–H and O–H groups in total. The van der Waals surface area contributed by atoms with Gasteiger partial charge in [0.25, 0.3) is 0 Å². The predicted molar refractivity (Wildman–Crippen MR) is 249 cm³/mol. The van der Waals surface area contributed by atoms with Gasteiger partial charge in [-0.3, -0.25) is 44.4 Å². The Morgan fingerprint density at radius 1 is 0.547 bits per heavy atom. The van der Waals surface area contributed by atoms with Crippen molar-refractivity contribution in [2.45, 2.75) is 98.0 Å². The molecule has 0 radical (unpaired) electrons. The number of nitrogens with zero attached hydrogens (tertiary/aromatic N) is 1. The van der Waals surface area contributed by atoms with Crippen LogP contribution in [0.5, 0.6) is 0 Å². The lowest BCUT2D eigenvalue weighted by atomic mass is 10.0. The fourth-order valence-electron chi connectivity index (χ4n) is 7.53. The fraction of sp³-hybridized carbons (Fsp3) is 0.383. The molecule has 15 nitrogen and oxygen atoms in total. The van der Waals surface area contributed by atoms with Crippen LogP contribution in [0.4, 0.5) is 0 Å². The largest absolute Gasteiger partial charge is 0.353 e. The molecule has 2 aliphatic rings. The van der Waals surface area contributed by atoms with Gasteiger partial charge in [-0.15, -0.1) is 23.5 Å². The second-order valence-corrected chi connectivity index (χ2v) is 20.3. The van der Waals surface area contributed by atoms with Gasteiger partial charge >= 0.3 is 0 Å². The summed E-state index contributed by atoms with van der Waals surface area (Å²) in [4.78, 5) is 85.7. The quantitative estimate of drug-likeness (QED) is 0.0641. The molecule has 0 saturated carbocycles. The van der Waals surface area contributed by atoms with E-state index in [0.717, 1.165) is 16.7 Å². The zero-order valence-electron chi connectivity index (χ0n) is 36.4. The van der Waals surface area contributed by atoms with Gasteiger partial charge in [0.1, 0.15) is 24.2 Å². The molecule has 6 atom stereocenters. The van der Waals surface area contributed by atoms with E-state index in [1.807, 2.05) is 125 Å². The van der Waals surface area contributed by atoms with Crippen LogP contribution in [0.1, 0.15) is 50.1 Å². The molecule has 0 bridgehead atoms. The van der Waals surface area contributed by atoms with Gasteiger partial charge in [-0.25, -0.2) is 0 Å². The summed E-state index contributed by atoms with van der Waals surface area (Å²) in [5.41, 5.74) is 3.16. The number of nitrogens with one attached hydrogen (secondary N) is 8. The molecule has 2 fully saturated rings. The minimum Gasteiger partial charge on any atom is -0.353 e. The topological polar surface area (TPSA) is 212 Å². The number of hydrogen-bond acceptors (Lipinski definition) is 11. The first-order valence-electron chi connectivity index (χ1n) is 21.3. The van der Waals surface area contributed by atoms with Gasteiger partial charge in [0.2, 0.25) is 35.4 Å².